The predicted octanol–water partition coefficient (Wildman–Crippen LogP) is 4.24. The number of aryl methyl sites for hydroxylation is 1. The van der Waals surface area contributed by atoms with Gasteiger partial charge in [-0.05, 0) is 43.7 Å². The van der Waals surface area contributed by atoms with Gasteiger partial charge in [0.15, 0.2) is 0 Å². The van der Waals surface area contributed by atoms with Crippen molar-refractivity contribution in [1.82, 2.24) is 5.32 Å². The molecule has 0 aromatic heterocycles. The molecule has 0 bridgehead atoms. The number of rotatable bonds is 6. The van der Waals surface area contributed by atoms with E-state index in [-0.39, 0.29) is 0 Å². The number of ether oxygens (including phenoxy) is 1. The second-order valence-corrected chi connectivity index (χ2v) is 5.13. The molecule has 0 fully saturated rings. The SMILES string of the molecule is CCNC(C)c1ccc(OCc2cccc(C)c2)cc1. The molecule has 1 atom stereocenters. The van der Waals surface area contributed by atoms with Crippen LogP contribution in [0.3, 0.4) is 0 Å². The lowest BCUT2D eigenvalue weighted by atomic mass is 10.1. The first-order valence-corrected chi connectivity index (χ1v) is 7.20. The lowest BCUT2D eigenvalue weighted by Crippen LogP contribution is -2.17. The van der Waals surface area contributed by atoms with Crippen molar-refractivity contribution in [3.05, 3.63) is 65.2 Å². The van der Waals surface area contributed by atoms with Gasteiger partial charge in [-0.3, -0.25) is 0 Å². The standard InChI is InChI=1S/C18H23NO/c1-4-19-15(3)17-8-10-18(11-9-17)20-13-16-7-5-6-14(2)12-16/h5-12,15,19H,4,13H2,1-3H3. The lowest BCUT2D eigenvalue weighted by molar-refractivity contribution is 0.306. The molecule has 0 aliphatic rings. The molecule has 1 unspecified atom stereocenters. The minimum atomic E-state index is 0.380. The van der Waals surface area contributed by atoms with E-state index in [0.717, 1.165) is 12.3 Å². The lowest BCUT2D eigenvalue weighted by Gasteiger charge is -2.13. The quantitative estimate of drug-likeness (QED) is 0.846. The Morgan fingerprint density at radius 2 is 1.85 bits per heavy atom. The van der Waals surface area contributed by atoms with E-state index in [4.69, 9.17) is 4.74 Å². The summed E-state index contributed by atoms with van der Waals surface area (Å²) < 4.78 is 5.82. The summed E-state index contributed by atoms with van der Waals surface area (Å²) in [4.78, 5) is 0. The van der Waals surface area contributed by atoms with Crippen molar-refractivity contribution in [3.63, 3.8) is 0 Å². The second-order valence-electron chi connectivity index (χ2n) is 5.13. The summed E-state index contributed by atoms with van der Waals surface area (Å²) in [6.45, 7) is 7.99. The fourth-order valence-corrected chi connectivity index (χ4v) is 2.25. The van der Waals surface area contributed by atoms with Crippen LogP contribution in [-0.4, -0.2) is 6.54 Å². The third-order valence-electron chi connectivity index (χ3n) is 3.38. The monoisotopic (exact) mass is 269 g/mol. The van der Waals surface area contributed by atoms with Gasteiger partial charge in [0, 0.05) is 6.04 Å². The maximum atomic E-state index is 5.82. The van der Waals surface area contributed by atoms with Crippen molar-refractivity contribution >= 4 is 0 Å². The number of hydrogen-bond donors (Lipinski definition) is 1. The molecule has 0 saturated heterocycles. The van der Waals surface area contributed by atoms with Gasteiger partial charge in [0.1, 0.15) is 12.4 Å². The van der Waals surface area contributed by atoms with Crippen LogP contribution in [0.1, 0.15) is 36.6 Å². The molecule has 106 valence electrons. The zero-order chi connectivity index (χ0) is 14.4. The molecule has 2 rings (SSSR count). The van der Waals surface area contributed by atoms with Crippen LogP contribution in [0.25, 0.3) is 0 Å². The Morgan fingerprint density at radius 1 is 1.10 bits per heavy atom. The van der Waals surface area contributed by atoms with Crippen LogP contribution in [-0.2, 0) is 6.61 Å². The van der Waals surface area contributed by atoms with Gasteiger partial charge < -0.3 is 10.1 Å². The predicted molar refractivity (Wildman–Crippen MR) is 84.0 cm³/mol. The molecule has 0 radical (unpaired) electrons. The summed E-state index contributed by atoms with van der Waals surface area (Å²) in [6.07, 6.45) is 0. The van der Waals surface area contributed by atoms with Gasteiger partial charge in [-0.2, -0.15) is 0 Å². The molecule has 0 spiro atoms. The normalized spacial score (nSPS) is 12.2. The molecule has 2 aromatic rings. The van der Waals surface area contributed by atoms with Crippen molar-refractivity contribution in [2.45, 2.75) is 33.4 Å². The molecule has 2 aromatic carbocycles. The first-order valence-electron chi connectivity index (χ1n) is 7.20. The summed E-state index contributed by atoms with van der Waals surface area (Å²) in [6, 6.07) is 17.1. The molecule has 0 aliphatic carbocycles. The van der Waals surface area contributed by atoms with E-state index in [1.807, 2.05) is 12.1 Å². The van der Waals surface area contributed by atoms with E-state index in [1.54, 1.807) is 0 Å². The highest BCUT2D eigenvalue weighted by atomic mass is 16.5. The summed E-state index contributed by atoms with van der Waals surface area (Å²) >= 11 is 0. The minimum Gasteiger partial charge on any atom is -0.489 e. The summed E-state index contributed by atoms with van der Waals surface area (Å²) in [5.41, 5.74) is 3.76. The molecule has 1 N–H and O–H groups in total. The van der Waals surface area contributed by atoms with E-state index in [1.165, 1.54) is 16.7 Å². The zero-order valence-corrected chi connectivity index (χ0v) is 12.5. The van der Waals surface area contributed by atoms with E-state index in [2.05, 4.69) is 62.5 Å². The van der Waals surface area contributed by atoms with Crippen molar-refractivity contribution in [2.75, 3.05) is 6.54 Å². The molecule has 0 amide bonds. The van der Waals surface area contributed by atoms with Crippen LogP contribution >= 0.6 is 0 Å². The highest BCUT2D eigenvalue weighted by Crippen LogP contribution is 2.18. The van der Waals surface area contributed by atoms with Crippen LogP contribution < -0.4 is 10.1 Å². The Labute approximate surface area is 121 Å². The summed E-state index contributed by atoms with van der Waals surface area (Å²) in [7, 11) is 0. The molecule has 0 saturated carbocycles. The highest BCUT2D eigenvalue weighted by molar-refractivity contribution is 5.29. The third kappa shape index (κ3) is 4.10. The average Bonchev–Trinajstić information content (AvgIpc) is 2.46. The van der Waals surface area contributed by atoms with Crippen molar-refractivity contribution < 1.29 is 4.74 Å². The third-order valence-corrected chi connectivity index (χ3v) is 3.38. The highest BCUT2D eigenvalue weighted by Gasteiger charge is 2.03. The van der Waals surface area contributed by atoms with Crippen LogP contribution in [0.2, 0.25) is 0 Å². The molecule has 0 heterocycles. The van der Waals surface area contributed by atoms with Crippen molar-refractivity contribution in [3.8, 4) is 5.75 Å². The van der Waals surface area contributed by atoms with Crippen LogP contribution in [0.5, 0.6) is 5.75 Å². The van der Waals surface area contributed by atoms with Crippen molar-refractivity contribution in [2.24, 2.45) is 0 Å². The van der Waals surface area contributed by atoms with Crippen LogP contribution in [0, 0.1) is 6.92 Å². The Kier molecular flexibility index (Phi) is 5.19. The van der Waals surface area contributed by atoms with Gasteiger partial charge in [0.25, 0.3) is 0 Å². The van der Waals surface area contributed by atoms with Crippen LogP contribution in [0.15, 0.2) is 48.5 Å². The van der Waals surface area contributed by atoms with E-state index in [0.29, 0.717) is 12.6 Å². The van der Waals surface area contributed by atoms with E-state index < -0.39 is 0 Å². The van der Waals surface area contributed by atoms with Crippen molar-refractivity contribution in [1.29, 1.82) is 0 Å². The van der Waals surface area contributed by atoms with Gasteiger partial charge in [-0.1, -0.05) is 48.9 Å². The smallest absolute Gasteiger partial charge is 0.119 e. The summed E-state index contributed by atoms with van der Waals surface area (Å²) in [5.74, 6) is 0.916. The van der Waals surface area contributed by atoms with Gasteiger partial charge >= 0.3 is 0 Å². The number of hydrogen-bond acceptors (Lipinski definition) is 2. The molecule has 0 aliphatic heterocycles. The molecular weight excluding hydrogens is 246 g/mol. The average molecular weight is 269 g/mol. The minimum absolute atomic E-state index is 0.380. The zero-order valence-electron chi connectivity index (χ0n) is 12.5. The van der Waals surface area contributed by atoms with Gasteiger partial charge in [0.05, 0.1) is 0 Å². The largest absolute Gasteiger partial charge is 0.489 e. The van der Waals surface area contributed by atoms with E-state index >= 15 is 0 Å². The fourth-order valence-electron chi connectivity index (χ4n) is 2.25. The Bertz CT molecular complexity index is 533. The topological polar surface area (TPSA) is 21.3 Å². The molecular formula is C18H23NO. The van der Waals surface area contributed by atoms with Gasteiger partial charge in [0.2, 0.25) is 0 Å². The van der Waals surface area contributed by atoms with Gasteiger partial charge in [-0.15, -0.1) is 0 Å². The maximum Gasteiger partial charge on any atom is 0.119 e. The Hall–Kier alpha value is -1.80. The molecule has 2 heteroatoms. The first-order chi connectivity index (χ1) is 9.69. The molecule has 20 heavy (non-hydrogen) atoms. The molecule has 2 nitrogen and oxygen atoms in total. The van der Waals surface area contributed by atoms with Crippen LogP contribution in [0.4, 0.5) is 0 Å². The van der Waals surface area contributed by atoms with E-state index in [9.17, 15) is 0 Å². The fraction of sp³-hybridized carbons (Fsp3) is 0.333. The van der Waals surface area contributed by atoms with Gasteiger partial charge in [-0.25, -0.2) is 0 Å². The Balaban J connectivity index is 1.94. The second kappa shape index (κ2) is 7.11. The maximum absolute atomic E-state index is 5.82. The Morgan fingerprint density at radius 3 is 2.50 bits per heavy atom. The number of benzene rings is 2. The summed E-state index contributed by atoms with van der Waals surface area (Å²) in [5, 5.41) is 3.40. The first kappa shape index (κ1) is 14.6. The number of nitrogens with one attached hydrogen (secondary N) is 1.